The average molecular weight is 192 g/mol. The van der Waals surface area contributed by atoms with E-state index in [1.165, 1.54) is 0 Å². The summed E-state index contributed by atoms with van der Waals surface area (Å²) in [5.41, 5.74) is 1.51. The predicted octanol–water partition coefficient (Wildman–Crippen LogP) is 4.25. The number of hydrogen-bond donors (Lipinski definition) is 0. The maximum atomic E-state index is 2.57. The molecule has 2 atom stereocenters. The van der Waals surface area contributed by atoms with Gasteiger partial charge in [-0.2, -0.15) is 0 Å². The summed E-state index contributed by atoms with van der Waals surface area (Å²) in [6, 6.07) is 0. The van der Waals surface area contributed by atoms with E-state index in [2.05, 4.69) is 20.8 Å². The summed E-state index contributed by atoms with van der Waals surface area (Å²) >= 11 is 0. The summed E-state index contributed by atoms with van der Waals surface area (Å²) in [6.45, 7) is 7.51. The molecule has 0 saturated heterocycles. The van der Waals surface area contributed by atoms with Crippen LogP contribution in [0.15, 0.2) is 0 Å². The molecule has 0 N–H and O–H groups in total. The first-order valence-corrected chi connectivity index (χ1v) is 6.51. The van der Waals surface area contributed by atoms with Crippen molar-refractivity contribution in [3.63, 3.8) is 0 Å². The number of rotatable bonds is 1. The second kappa shape index (κ2) is 2.57. The molecule has 4 fully saturated rings. The van der Waals surface area contributed by atoms with Gasteiger partial charge in [-0.1, -0.05) is 20.8 Å². The van der Waals surface area contributed by atoms with Crippen molar-refractivity contribution in [2.75, 3.05) is 0 Å². The van der Waals surface area contributed by atoms with Crippen LogP contribution >= 0.6 is 0 Å². The summed E-state index contributed by atoms with van der Waals surface area (Å²) in [6.07, 6.45) is 9.36. The lowest BCUT2D eigenvalue weighted by molar-refractivity contribution is -0.122. The van der Waals surface area contributed by atoms with E-state index in [0.29, 0.717) is 0 Å². The standard InChI is InChI=1S/C14H24/c1-10(2)14-7-11-4-12(8-14)6-13(3,5-11)9-14/h10-12H,4-9H2,1-3H3. The van der Waals surface area contributed by atoms with Crippen molar-refractivity contribution in [3.8, 4) is 0 Å². The van der Waals surface area contributed by atoms with Crippen molar-refractivity contribution >= 4 is 0 Å². The van der Waals surface area contributed by atoms with Crippen LogP contribution in [-0.2, 0) is 0 Å². The van der Waals surface area contributed by atoms with Crippen molar-refractivity contribution in [2.45, 2.75) is 59.3 Å². The quantitative estimate of drug-likeness (QED) is 0.582. The lowest BCUT2D eigenvalue weighted by Crippen LogP contribution is -2.52. The monoisotopic (exact) mass is 192 g/mol. The van der Waals surface area contributed by atoms with Crippen LogP contribution in [0.1, 0.15) is 59.3 Å². The highest BCUT2D eigenvalue weighted by Crippen LogP contribution is 2.67. The molecule has 0 heteroatoms. The van der Waals surface area contributed by atoms with Crippen LogP contribution < -0.4 is 0 Å². The third-order valence-electron chi connectivity index (χ3n) is 5.62. The van der Waals surface area contributed by atoms with E-state index in [-0.39, 0.29) is 0 Å². The van der Waals surface area contributed by atoms with Gasteiger partial charge in [0, 0.05) is 0 Å². The summed E-state index contributed by atoms with van der Waals surface area (Å²) in [4.78, 5) is 0. The topological polar surface area (TPSA) is 0 Å². The second-order valence-electron chi connectivity index (χ2n) is 7.29. The molecule has 0 heterocycles. The first-order chi connectivity index (χ1) is 6.51. The summed E-state index contributed by atoms with van der Waals surface area (Å²) in [5.74, 6) is 3.13. The number of hydrogen-bond acceptors (Lipinski definition) is 0. The van der Waals surface area contributed by atoms with Gasteiger partial charge in [0.15, 0.2) is 0 Å². The Balaban J connectivity index is 1.96. The van der Waals surface area contributed by atoms with E-state index in [1.54, 1.807) is 38.5 Å². The molecule has 4 rings (SSSR count). The van der Waals surface area contributed by atoms with E-state index in [1.807, 2.05) is 0 Å². The van der Waals surface area contributed by atoms with E-state index >= 15 is 0 Å². The maximum Gasteiger partial charge on any atom is -0.0264 e. The van der Waals surface area contributed by atoms with Crippen molar-refractivity contribution in [1.29, 1.82) is 0 Å². The zero-order valence-electron chi connectivity index (χ0n) is 9.97. The van der Waals surface area contributed by atoms with Crippen LogP contribution in [0.4, 0.5) is 0 Å². The Hall–Kier alpha value is 0. The van der Waals surface area contributed by atoms with Gasteiger partial charge in [0.2, 0.25) is 0 Å². The van der Waals surface area contributed by atoms with Gasteiger partial charge in [-0.15, -0.1) is 0 Å². The fourth-order valence-electron chi connectivity index (χ4n) is 5.47. The third kappa shape index (κ3) is 1.12. The molecular weight excluding hydrogens is 168 g/mol. The highest BCUT2D eigenvalue weighted by atomic mass is 14.6. The minimum Gasteiger partial charge on any atom is -0.0622 e. The molecule has 4 bridgehead atoms. The Morgan fingerprint density at radius 3 is 2.00 bits per heavy atom. The van der Waals surface area contributed by atoms with Gasteiger partial charge in [0.25, 0.3) is 0 Å². The normalized spacial score (nSPS) is 55.7. The Labute approximate surface area is 88.5 Å². The van der Waals surface area contributed by atoms with Crippen LogP contribution in [0.25, 0.3) is 0 Å². The molecule has 80 valence electrons. The minimum absolute atomic E-state index is 0.744. The lowest BCUT2D eigenvalue weighted by atomic mass is 9.42. The molecule has 0 spiro atoms. The van der Waals surface area contributed by atoms with Crippen LogP contribution in [0.3, 0.4) is 0 Å². The molecular formula is C14H24. The van der Waals surface area contributed by atoms with Gasteiger partial charge in [-0.05, 0) is 67.1 Å². The van der Waals surface area contributed by atoms with Crippen LogP contribution in [-0.4, -0.2) is 0 Å². The minimum atomic E-state index is 0.744. The van der Waals surface area contributed by atoms with Crippen LogP contribution in [0.5, 0.6) is 0 Å². The van der Waals surface area contributed by atoms with Crippen molar-refractivity contribution < 1.29 is 0 Å². The molecule has 0 aromatic rings. The Kier molecular flexibility index (Phi) is 1.70. The summed E-state index contributed by atoms with van der Waals surface area (Å²) in [7, 11) is 0. The van der Waals surface area contributed by atoms with Gasteiger partial charge >= 0.3 is 0 Å². The molecule has 4 saturated carbocycles. The van der Waals surface area contributed by atoms with Crippen molar-refractivity contribution in [1.82, 2.24) is 0 Å². The van der Waals surface area contributed by atoms with E-state index in [9.17, 15) is 0 Å². The molecule has 0 amide bonds. The van der Waals surface area contributed by atoms with Crippen LogP contribution in [0, 0.1) is 28.6 Å². The third-order valence-corrected chi connectivity index (χ3v) is 5.62. The van der Waals surface area contributed by atoms with E-state index in [0.717, 1.165) is 28.6 Å². The van der Waals surface area contributed by atoms with Crippen molar-refractivity contribution in [3.05, 3.63) is 0 Å². The second-order valence-corrected chi connectivity index (χ2v) is 7.29. The fraction of sp³-hybridized carbons (Fsp3) is 1.00. The van der Waals surface area contributed by atoms with Gasteiger partial charge in [0.1, 0.15) is 0 Å². The summed E-state index contributed by atoms with van der Waals surface area (Å²) < 4.78 is 0. The van der Waals surface area contributed by atoms with Crippen LogP contribution in [0.2, 0.25) is 0 Å². The van der Waals surface area contributed by atoms with Gasteiger partial charge < -0.3 is 0 Å². The molecule has 2 unspecified atom stereocenters. The first kappa shape index (κ1) is 9.24. The average Bonchev–Trinajstić information content (AvgIpc) is 1.98. The predicted molar refractivity (Wildman–Crippen MR) is 60.1 cm³/mol. The SMILES string of the molecule is CC(C)C12CC3CC(CC(C)(C3)C1)C2. The van der Waals surface area contributed by atoms with Gasteiger partial charge in [-0.3, -0.25) is 0 Å². The van der Waals surface area contributed by atoms with Gasteiger partial charge in [-0.25, -0.2) is 0 Å². The lowest BCUT2D eigenvalue weighted by Gasteiger charge is -2.63. The van der Waals surface area contributed by atoms with E-state index < -0.39 is 0 Å². The highest BCUT2D eigenvalue weighted by molar-refractivity contribution is 5.06. The molecule has 0 aromatic carbocycles. The Morgan fingerprint density at radius 1 is 1.00 bits per heavy atom. The fourth-order valence-corrected chi connectivity index (χ4v) is 5.47. The van der Waals surface area contributed by atoms with Crippen molar-refractivity contribution in [2.24, 2.45) is 28.6 Å². The zero-order valence-corrected chi connectivity index (χ0v) is 9.97. The molecule has 14 heavy (non-hydrogen) atoms. The smallest absolute Gasteiger partial charge is 0.0264 e. The first-order valence-electron chi connectivity index (χ1n) is 6.51. The van der Waals surface area contributed by atoms with E-state index in [4.69, 9.17) is 0 Å². The highest BCUT2D eigenvalue weighted by Gasteiger charge is 2.56. The molecule has 0 nitrogen and oxygen atoms in total. The maximum absolute atomic E-state index is 2.57. The molecule has 0 aliphatic heterocycles. The Morgan fingerprint density at radius 2 is 1.57 bits per heavy atom. The molecule has 0 aromatic heterocycles. The molecule has 4 aliphatic carbocycles. The largest absolute Gasteiger partial charge is 0.0622 e. The zero-order chi connectivity index (χ0) is 9.97. The Bertz CT molecular complexity index is 237. The molecule has 0 radical (unpaired) electrons. The summed E-state index contributed by atoms with van der Waals surface area (Å²) in [5, 5.41) is 0. The van der Waals surface area contributed by atoms with Gasteiger partial charge in [0.05, 0.1) is 0 Å². The molecule has 4 aliphatic rings.